The molecule has 0 aliphatic rings. The molecule has 0 saturated carbocycles. The molecule has 0 bridgehead atoms. The van der Waals surface area contributed by atoms with E-state index in [1.54, 1.807) is 6.20 Å². The monoisotopic (exact) mass is 251 g/mol. The largest absolute Gasteiger partial charge is 0.469 e. The minimum Gasteiger partial charge on any atom is -0.469 e. The van der Waals surface area contributed by atoms with Crippen LogP contribution in [-0.2, 0) is 16.0 Å². The summed E-state index contributed by atoms with van der Waals surface area (Å²) in [6.07, 6.45) is 1.77. The first-order valence-electron chi connectivity index (χ1n) is 4.96. The van der Waals surface area contributed by atoms with Gasteiger partial charge in [-0.05, 0) is 23.2 Å². The molecule has 1 aromatic carbocycles. The van der Waals surface area contributed by atoms with Crippen molar-refractivity contribution >= 4 is 17.6 Å². The van der Waals surface area contributed by atoms with Gasteiger partial charge in [0, 0.05) is 5.56 Å². The molecule has 0 radical (unpaired) electrons. The lowest BCUT2D eigenvalue weighted by atomic mass is 10.1. The fourth-order valence-corrected chi connectivity index (χ4v) is 1.59. The Balaban J connectivity index is 2.25. The van der Waals surface area contributed by atoms with E-state index >= 15 is 0 Å². The molecule has 0 aliphatic heterocycles. The normalized spacial score (nSPS) is 10.2. The van der Waals surface area contributed by atoms with Gasteiger partial charge in [-0.3, -0.25) is 4.79 Å². The Morgan fingerprint density at radius 2 is 2.35 bits per heavy atom. The molecule has 88 valence electrons. The Bertz CT molecular complexity index is 536. The molecule has 4 nitrogen and oxygen atoms in total. The Hall–Kier alpha value is -1.81. The van der Waals surface area contributed by atoms with Crippen LogP contribution < -0.4 is 0 Å². The Labute approximate surface area is 103 Å². The molecule has 0 aliphatic carbocycles. The third-order valence-corrected chi connectivity index (χ3v) is 2.44. The third kappa shape index (κ3) is 2.85. The molecule has 0 atom stereocenters. The number of halogens is 1. The summed E-state index contributed by atoms with van der Waals surface area (Å²) in [5.41, 5.74) is 1.67. The average Bonchev–Trinajstić information content (AvgIpc) is 2.76. The summed E-state index contributed by atoms with van der Waals surface area (Å²) in [5, 5.41) is 0.0957. The van der Waals surface area contributed by atoms with Gasteiger partial charge in [-0.2, -0.15) is 0 Å². The van der Waals surface area contributed by atoms with Gasteiger partial charge in [0.05, 0.1) is 19.7 Å². The van der Waals surface area contributed by atoms with E-state index in [4.69, 9.17) is 16.0 Å². The molecule has 0 spiro atoms. The second-order valence-corrected chi connectivity index (χ2v) is 3.75. The van der Waals surface area contributed by atoms with Crippen LogP contribution in [0.2, 0.25) is 5.35 Å². The predicted octanol–water partition coefficient (Wildman–Crippen LogP) is 2.71. The first-order chi connectivity index (χ1) is 8.19. The average molecular weight is 252 g/mol. The summed E-state index contributed by atoms with van der Waals surface area (Å²) >= 11 is 5.60. The van der Waals surface area contributed by atoms with E-state index in [0.29, 0.717) is 5.76 Å². The SMILES string of the molecule is COC(=O)Cc1cccc(-c2cnc(Cl)o2)c1. The van der Waals surface area contributed by atoms with Gasteiger partial charge in [0.2, 0.25) is 0 Å². The highest BCUT2D eigenvalue weighted by Gasteiger charge is 2.07. The summed E-state index contributed by atoms with van der Waals surface area (Å²) < 4.78 is 9.80. The molecule has 5 heteroatoms. The zero-order valence-corrected chi connectivity index (χ0v) is 9.90. The van der Waals surface area contributed by atoms with Crippen LogP contribution in [0.15, 0.2) is 34.9 Å². The summed E-state index contributed by atoms with van der Waals surface area (Å²) in [6, 6.07) is 7.38. The van der Waals surface area contributed by atoms with Crippen LogP contribution in [0.4, 0.5) is 0 Å². The molecular formula is C12H10ClNO3. The van der Waals surface area contributed by atoms with Crippen molar-refractivity contribution in [1.82, 2.24) is 4.98 Å². The first-order valence-corrected chi connectivity index (χ1v) is 5.34. The Morgan fingerprint density at radius 3 is 3.00 bits per heavy atom. The van der Waals surface area contributed by atoms with E-state index in [1.165, 1.54) is 7.11 Å². The molecule has 0 unspecified atom stereocenters. The summed E-state index contributed by atoms with van der Waals surface area (Å²) in [6.45, 7) is 0. The topological polar surface area (TPSA) is 52.3 Å². The molecule has 0 amide bonds. The summed E-state index contributed by atoms with van der Waals surface area (Å²) in [7, 11) is 1.36. The highest BCUT2D eigenvalue weighted by atomic mass is 35.5. The molecule has 2 aromatic rings. The lowest BCUT2D eigenvalue weighted by Crippen LogP contribution is -2.04. The van der Waals surface area contributed by atoms with E-state index in [9.17, 15) is 4.79 Å². The first kappa shape index (κ1) is 11.7. The molecule has 2 rings (SSSR count). The molecular weight excluding hydrogens is 242 g/mol. The Kier molecular flexibility index (Phi) is 3.44. The molecule has 17 heavy (non-hydrogen) atoms. The number of aromatic nitrogens is 1. The number of ether oxygens (including phenoxy) is 1. The maximum Gasteiger partial charge on any atom is 0.309 e. The van der Waals surface area contributed by atoms with Crippen LogP contribution in [-0.4, -0.2) is 18.1 Å². The van der Waals surface area contributed by atoms with Crippen molar-refractivity contribution in [1.29, 1.82) is 0 Å². The number of hydrogen-bond acceptors (Lipinski definition) is 4. The predicted molar refractivity (Wildman–Crippen MR) is 62.7 cm³/mol. The van der Waals surface area contributed by atoms with Gasteiger partial charge in [0.25, 0.3) is 5.35 Å². The van der Waals surface area contributed by atoms with Gasteiger partial charge < -0.3 is 9.15 Å². The molecule has 1 aromatic heterocycles. The highest BCUT2D eigenvalue weighted by molar-refractivity contribution is 6.27. The lowest BCUT2D eigenvalue weighted by molar-refractivity contribution is -0.139. The van der Waals surface area contributed by atoms with E-state index in [1.807, 2.05) is 24.3 Å². The van der Waals surface area contributed by atoms with Gasteiger partial charge in [-0.15, -0.1) is 0 Å². The number of methoxy groups -OCH3 is 1. The van der Waals surface area contributed by atoms with Crippen molar-refractivity contribution in [2.24, 2.45) is 0 Å². The van der Waals surface area contributed by atoms with Gasteiger partial charge in [0.1, 0.15) is 0 Å². The van der Waals surface area contributed by atoms with Crippen LogP contribution in [0.5, 0.6) is 0 Å². The standard InChI is InChI=1S/C12H10ClNO3/c1-16-11(15)6-8-3-2-4-9(5-8)10-7-14-12(13)17-10/h2-5,7H,6H2,1H3. The van der Waals surface area contributed by atoms with Crippen molar-refractivity contribution in [3.05, 3.63) is 41.4 Å². The van der Waals surface area contributed by atoms with Gasteiger partial charge in [-0.1, -0.05) is 18.2 Å². The zero-order chi connectivity index (χ0) is 12.3. The molecule has 1 heterocycles. The molecule has 0 N–H and O–H groups in total. The van der Waals surface area contributed by atoms with Gasteiger partial charge in [0.15, 0.2) is 5.76 Å². The Morgan fingerprint density at radius 1 is 1.53 bits per heavy atom. The van der Waals surface area contributed by atoms with E-state index in [0.717, 1.165) is 11.1 Å². The van der Waals surface area contributed by atoms with Crippen LogP contribution in [0.3, 0.4) is 0 Å². The van der Waals surface area contributed by atoms with Crippen LogP contribution in [0, 0.1) is 0 Å². The van der Waals surface area contributed by atoms with E-state index in [2.05, 4.69) is 9.72 Å². The summed E-state index contributed by atoms with van der Waals surface area (Å²) in [4.78, 5) is 15.0. The van der Waals surface area contributed by atoms with Gasteiger partial charge in [-0.25, -0.2) is 4.98 Å². The van der Waals surface area contributed by atoms with E-state index < -0.39 is 0 Å². The van der Waals surface area contributed by atoms with Gasteiger partial charge >= 0.3 is 5.97 Å². The van der Waals surface area contributed by atoms with Crippen molar-refractivity contribution in [3.8, 4) is 11.3 Å². The highest BCUT2D eigenvalue weighted by Crippen LogP contribution is 2.23. The number of nitrogens with zero attached hydrogens (tertiary/aromatic N) is 1. The fraction of sp³-hybridized carbons (Fsp3) is 0.167. The third-order valence-electron chi connectivity index (χ3n) is 2.27. The maximum atomic E-state index is 11.2. The number of hydrogen-bond donors (Lipinski definition) is 0. The second kappa shape index (κ2) is 5.01. The summed E-state index contributed by atoms with van der Waals surface area (Å²) in [5.74, 6) is 0.291. The number of carbonyl (C=O) groups excluding carboxylic acids is 1. The van der Waals surface area contributed by atoms with Crippen LogP contribution in [0.1, 0.15) is 5.56 Å². The minimum atomic E-state index is -0.280. The minimum absolute atomic E-state index is 0.0957. The quantitative estimate of drug-likeness (QED) is 0.787. The number of rotatable bonds is 3. The van der Waals surface area contributed by atoms with Crippen molar-refractivity contribution in [2.75, 3.05) is 7.11 Å². The van der Waals surface area contributed by atoms with Crippen LogP contribution >= 0.6 is 11.6 Å². The van der Waals surface area contributed by atoms with Crippen molar-refractivity contribution < 1.29 is 13.9 Å². The number of oxazole rings is 1. The maximum absolute atomic E-state index is 11.2. The number of carbonyl (C=O) groups is 1. The second-order valence-electron chi connectivity index (χ2n) is 3.43. The number of benzene rings is 1. The van der Waals surface area contributed by atoms with Crippen molar-refractivity contribution in [2.45, 2.75) is 6.42 Å². The zero-order valence-electron chi connectivity index (χ0n) is 9.14. The smallest absolute Gasteiger partial charge is 0.309 e. The number of esters is 1. The fourth-order valence-electron chi connectivity index (χ4n) is 1.46. The van der Waals surface area contributed by atoms with Crippen molar-refractivity contribution in [3.63, 3.8) is 0 Å². The molecule has 0 fully saturated rings. The van der Waals surface area contributed by atoms with E-state index in [-0.39, 0.29) is 17.7 Å². The lowest BCUT2D eigenvalue weighted by Gasteiger charge is -2.02. The van der Waals surface area contributed by atoms with Crippen LogP contribution in [0.25, 0.3) is 11.3 Å². The molecule has 0 saturated heterocycles.